The van der Waals surface area contributed by atoms with E-state index in [2.05, 4.69) is 206 Å². The molecule has 272 valence electrons. The number of fused-ring (bicyclic) bond motifs is 14. The van der Waals surface area contributed by atoms with Gasteiger partial charge in [-0.2, -0.15) is 0 Å². The van der Waals surface area contributed by atoms with Gasteiger partial charge in [0.1, 0.15) is 0 Å². The molecule has 13 rings (SSSR count). The van der Waals surface area contributed by atoms with Crippen LogP contribution in [0.3, 0.4) is 0 Å². The molecule has 0 bridgehead atoms. The van der Waals surface area contributed by atoms with Gasteiger partial charge >= 0.3 is 0 Å². The van der Waals surface area contributed by atoms with Crippen LogP contribution in [0.4, 0.5) is 0 Å². The molecule has 0 N–H and O–H groups in total. The summed E-state index contributed by atoms with van der Waals surface area (Å²) in [6.45, 7) is 0. The molecule has 0 fully saturated rings. The van der Waals surface area contributed by atoms with Crippen LogP contribution in [0, 0.1) is 0 Å². The van der Waals surface area contributed by atoms with Gasteiger partial charge in [0.15, 0.2) is 0 Å². The van der Waals surface area contributed by atoms with E-state index in [1.54, 1.807) is 0 Å². The van der Waals surface area contributed by atoms with E-state index in [1.165, 1.54) is 129 Å². The van der Waals surface area contributed by atoms with Gasteiger partial charge in [0.25, 0.3) is 0 Å². The van der Waals surface area contributed by atoms with Gasteiger partial charge in [-0.25, -0.2) is 0 Å². The maximum absolute atomic E-state index is 2.46. The molecule has 59 heavy (non-hydrogen) atoms. The van der Waals surface area contributed by atoms with Crippen molar-refractivity contribution < 1.29 is 0 Å². The van der Waals surface area contributed by atoms with Gasteiger partial charge in [-0.05, 0) is 145 Å². The Hall–Kier alpha value is -7.32. The summed E-state index contributed by atoms with van der Waals surface area (Å²) in [6, 6.07) is 77.1. The minimum atomic E-state index is 1.22. The molecule has 1 heteroatoms. The quantitative estimate of drug-likeness (QED) is 0.124. The average Bonchev–Trinajstić information content (AvgIpc) is 3.67. The molecule has 0 aliphatic heterocycles. The molecular formula is C58H34S. The Labute approximate surface area is 344 Å². The van der Waals surface area contributed by atoms with Crippen LogP contribution in [0.25, 0.3) is 129 Å². The summed E-state index contributed by atoms with van der Waals surface area (Å²) in [6.07, 6.45) is 0. The maximum atomic E-state index is 2.46. The van der Waals surface area contributed by atoms with Gasteiger partial charge in [-0.15, -0.1) is 11.3 Å². The highest BCUT2D eigenvalue weighted by molar-refractivity contribution is 7.25. The van der Waals surface area contributed by atoms with Gasteiger partial charge in [0, 0.05) is 20.2 Å². The second-order valence-corrected chi connectivity index (χ2v) is 17.0. The molecule has 1 heterocycles. The Morgan fingerprint density at radius 2 is 0.695 bits per heavy atom. The summed E-state index contributed by atoms with van der Waals surface area (Å²) in [5.41, 5.74) is 7.50. The Kier molecular flexibility index (Phi) is 6.98. The predicted molar refractivity (Wildman–Crippen MR) is 258 cm³/mol. The van der Waals surface area contributed by atoms with Gasteiger partial charge in [-0.3, -0.25) is 0 Å². The first-order valence-corrected chi connectivity index (χ1v) is 21.2. The van der Waals surface area contributed by atoms with Crippen LogP contribution in [-0.2, 0) is 0 Å². The Morgan fingerprint density at radius 1 is 0.220 bits per heavy atom. The van der Waals surface area contributed by atoms with Gasteiger partial charge in [-0.1, -0.05) is 170 Å². The molecule has 0 radical (unpaired) electrons. The zero-order chi connectivity index (χ0) is 38.6. The predicted octanol–water partition coefficient (Wildman–Crippen LogP) is 17.1. The normalized spacial score (nSPS) is 12.1. The van der Waals surface area contributed by atoms with Crippen molar-refractivity contribution in [2.24, 2.45) is 0 Å². The maximum Gasteiger partial charge on any atom is 0.0362 e. The number of benzene rings is 12. The van der Waals surface area contributed by atoms with Crippen LogP contribution in [0.2, 0.25) is 0 Å². The number of hydrogen-bond donors (Lipinski definition) is 0. The van der Waals surface area contributed by atoms with Crippen LogP contribution >= 0.6 is 11.3 Å². The van der Waals surface area contributed by atoms with E-state index in [9.17, 15) is 0 Å². The van der Waals surface area contributed by atoms with Crippen molar-refractivity contribution in [1.29, 1.82) is 0 Å². The summed E-state index contributed by atoms with van der Waals surface area (Å²) in [5, 5.41) is 20.6. The zero-order valence-corrected chi connectivity index (χ0v) is 32.9. The minimum absolute atomic E-state index is 1.22. The fraction of sp³-hybridized carbons (Fsp3) is 0. The van der Waals surface area contributed by atoms with Crippen molar-refractivity contribution in [2.75, 3.05) is 0 Å². The van der Waals surface area contributed by atoms with E-state index in [-0.39, 0.29) is 0 Å². The van der Waals surface area contributed by atoms with Crippen molar-refractivity contribution in [2.45, 2.75) is 0 Å². The van der Waals surface area contributed by atoms with Gasteiger partial charge in [0.05, 0.1) is 0 Å². The molecule has 13 aromatic rings. The lowest BCUT2D eigenvalue weighted by atomic mass is 9.84. The van der Waals surface area contributed by atoms with Crippen molar-refractivity contribution >= 4 is 107 Å². The Balaban J connectivity index is 1.05. The first-order chi connectivity index (χ1) is 29.3. The topological polar surface area (TPSA) is 0 Å². The third kappa shape index (κ3) is 4.83. The van der Waals surface area contributed by atoms with Crippen molar-refractivity contribution in [3.63, 3.8) is 0 Å². The molecule has 12 aromatic carbocycles. The third-order valence-corrected chi connectivity index (χ3v) is 13.9. The third-order valence-electron chi connectivity index (χ3n) is 12.8. The number of rotatable bonds is 3. The fourth-order valence-corrected chi connectivity index (χ4v) is 11.3. The van der Waals surface area contributed by atoms with Crippen molar-refractivity contribution in [3.8, 4) is 33.4 Å². The summed E-state index contributed by atoms with van der Waals surface area (Å²) in [7, 11) is 0. The molecule has 0 saturated heterocycles. The van der Waals surface area contributed by atoms with E-state index >= 15 is 0 Å². The van der Waals surface area contributed by atoms with Crippen LogP contribution in [-0.4, -0.2) is 0 Å². The molecule has 0 spiro atoms. The lowest BCUT2D eigenvalue weighted by Gasteiger charge is -2.19. The molecular weight excluding hydrogens is 729 g/mol. The minimum Gasteiger partial charge on any atom is -0.135 e. The van der Waals surface area contributed by atoms with E-state index in [0.717, 1.165) is 0 Å². The Bertz CT molecular complexity index is 3850. The SMILES string of the molecule is c1cc(-c2c3ccccc3c(-c3ccc4c(c3)c3ccccc3c3cc5c(cc43)sc3ccccc35)c3ccccc23)cc(-c2cc3ccccc3c3ccccc23)c1. The van der Waals surface area contributed by atoms with Gasteiger partial charge < -0.3 is 0 Å². The standard InChI is InChI=1S/C58H34S/c1-2-17-39-36(14-1)31-50(41-19-4-3-18-40(39)41)35-15-13-16-37(30-35)57-46-23-7-9-25-48(46)58(49-26-10-8-24-47(49)57)38-28-29-44-51(32-38)42-20-5-6-21-43(42)52-33-54-45-22-11-12-27-55(45)59-56(54)34-53(44)52/h1-34H. The summed E-state index contributed by atoms with van der Waals surface area (Å²) in [5.74, 6) is 0. The summed E-state index contributed by atoms with van der Waals surface area (Å²) in [4.78, 5) is 0. The van der Waals surface area contributed by atoms with Crippen LogP contribution in [0.5, 0.6) is 0 Å². The lowest BCUT2D eigenvalue weighted by Crippen LogP contribution is -1.92. The van der Waals surface area contributed by atoms with Crippen LogP contribution in [0.15, 0.2) is 206 Å². The van der Waals surface area contributed by atoms with Crippen LogP contribution < -0.4 is 0 Å². The monoisotopic (exact) mass is 762 g/mol. The largest absolute Gasteiger partial charge is 0.135 e. The molecule has 1 aromatic heterocycles. The van der Waals surface area contributed by atoms with Crippen molar-refractivity contribution in [3.05, 3.63) is 206 Å². The number of hydrogen-bond acceptors (Lipinski definition) is 1. The molecule has 0 aliphatic carbocycles. The first kappa shape index (κ1) is 32.7. The highest BCUT2D eigenvalue weighted by Crippen LogP contribution is 2.47. The summed E-state index contributed by atoms with van der Waals surface area (Å²) < 4.78 is 2.68. The second kappa shape index (κ2) is 12.6. The van der Waals surface area contributed by atoms with E-state index < -0.39 is 0 Å². The first-order valence-electron chi connectivity index (χ1n) is 20.4. The fourth-order valence-electron chi connectivity index (χ4n) is 10.2. The van der Waals surface area contributed by atoms with Gasteiger partial charge in [0.2, 0.25) is 0 Å². The number of thiophene rings is 1. The van der Waals surface area contributed by atoms with Crippen LogP contribution in [0.1, 0.15) is 0 Å². The molecule has 0 saturated carbocycles. The molecule has 0 aliphatic rings. The average molecular weight is 763 g/mol. The highest BCUT2D eigenvalue weighted by Gasteiger charge is 2.19. The Morgan fingerprint density at radius 3 is 1.37 bits per heavy atom. The van der Waals surface area contributed by atoms with Crippen molar-refractivity contribution in [1.82, 2.24) is 0 Å². The molecule has 0 nitrogen and oxygen atoms in total. The molecule has 0 amide bonds. The molecule has 0 unspecified atom stereocenters. The zero-order valence-electron chi connectivity index (χ0n) is 32.0. The van der Waals surface area contributed by atoms with E-state index in [0.29, 0.717) is 0 Å². The lowest BCUT2D eigenvalue weighted by molar-refractivity contribution is 1.64. The molecule has 0 atom stereocenters. The highest BCUT2D eigenvalue weighted by atomic mass is 32.1. The van der Waals surface area contributed by atoms with E-state index in [1.807, 2.05) is 11.3 Å². The smallest absolute Gasteiger partial charge is 0.0362 e. The second-order valence-electron chi connectivity index (χ2n) is 15.9. The summed E-state index contributed by atoms with van der Waals surface area (Å²) >= 11 is 1.89. The van der Waals surface area contributed by atoms with E-state index in [4.69, 9.17) is 0 Å².